The largest absolute Gasteiger partial charge is 0.462 e. The molecule has 0 unspecified atom stereocenters. The highest BCUT2D eigenvalue weighted by Crippen LogP contribution is 2.33. The van der Waals surface area contributed by atoms with Crippen molar-refractivity contribution in [3.8, 4) is 0 Å². The quantitative estimate of drug-likeness (QED) is 0.600. The van der Waals surface area contributed by atoms with Crippen LogP contribution in [0.15, 0.2) is 0 Å². The highest BCUT2D eigenvalue weighted by atomic mass is 32.2. The average Bonchev–Trinajstić information content (AvgIpc) is 2.87. The molecule has 0 aromatic carbocycles. The van der Waals surface area contributed by atoms with Crippen LogP contribution < -0.4 is 5.32 Å². The van der Waals surface area contributed by atoms with E-state index in [4.69, 9.17) is 21.7 Å². The molecule has 9 heteroatoms. The summed E-state index contributed by atoms with van der Waals surface area (Å²) < 4.78 is 11.1. The molecular weight excluding hydrogens is 380 g/mol. The molecule has 0 atom stereocenters. The zero-order valence-electron chi connectivity index (χ0n) is 14.5. The first-order valence-electron chi connectivity index (χ1n) is 8.00. The standard InChI is InChI=1S/C16H22N2O4S3/c1-4-22-15(20)13-10(2)11(3)25-14(13)17-12(19)9-24-16(23)18-5-7-21-8-6-18/h4-9H2,1-3H3,(H,17,19). The first-order valence-corrected chi connectivity index (χ1v) is 10.2. The average molecular weight is 403 g/mol. The number of rotatable bonds is 5. The number of aryl methyl sites for hydroxylation is 1. The molecule has 1 aromatic rings. The van der Waals surface area contributed by atoms with Crippen molar-refractivity contribution in [3.63, 3.8) is 0 Å². The lowest BCUT2D eigenvalue weighted by molar-refractivity contribution is -0.113. The summed E-state index contributed by atoms with van der Waals surface area (Å²) >= 11 is 8.07. The van der Waals surface area contributed by atoms with Gasteiger partial charge in [0.25, 0.3) is 0 Å². The van der Waals surface area contributed by atoms with E-state index in [9.17, 15) is 9.59 Å². The van der Waals surface area contributed by atoms with E-state index in [1.807, 2.05) is 18.7 Å². The van der Waals surface area contributed by atoms with Crippen molar-refractivity contribution in [2.24, 2.45) is 0 Å². The molecule has 2 rings (SSSR count). The fraction of sp³-hybridized carbons (Fsp3) is 0.562. The fourth-order valence-corrected chi connectivity index (χ4v) is 4.41. The number of carbonyl (C=O) groups is 2. The highest BCUT2D eigenvalue weighted by molar-refractivity contribution is 8.23. The third-order valence-electron chi connectivity index (χ3n) is 3.71. The van der Waals surface area contributed by atoms with Crippen LogP contribution in [0.25, 0.3) is 0 Å². The van der Waals surface area contributed by atoms with Crippen LogP contribution in [0, 0.1) is 13.8 Å². The maximum absolute atomic E-state index is 12.3. The SMILES string of the molecule is CCOC(=O)c1c(NC(=O)CSC(=S)N2CCOCC2)sc(C)c1C. The molecule has 0 spiro atoms. The van der Waals surface area contributed by atoms with Gasteiger partial charge in [-0.1, -0.05) is 24.0 Å². The lowest BCUT2D eigenvalue weighted by Crippen LogP contribution is -2.39. The van der Waals surface area contributed by atoms with Crippen LogP contribution in [0.1, 0.15) is 27.7 Å². The van der Waals surface area contributed by atoms with E-state index in [0.29, 0.717) is 34.7 Å². The maximum Gasteiger partial charge on any atom is 0.341 e. The van der Waals surface area contributed by atoms with Gasteiger partial charge in [-0.05, 0) is 26.3 Å². The van der Waals surface area contributed by atoms with Crippen molar-refractivity contribution in [2.45, 2.75) is 20.8 Å². The first kappa shape index (κ1) is 20.2. The topological polar surface area (TPSA) is 67.9 Å². The number of nitrogens with one attached hydrogen (secondary N) is 1. The number of thiophene rings is 1. The molecule has 0 aliphatic carbocycles. The molecule has 1 saturated heterocycles. The van der Waals surface area contributed by atoms with Crippen molar-refractivity contribution < 1.29 is 19.1 Å². The van der Waals surface area contributed by atoms with Gasteiger partial charge in [-0.2, -0.15) is 0 Å². The Balaban J connectivity index is 1.95. The van der Waals surface area contributed by atoms with Crippen molar-refractivity contribution in [3.05, 3.63) is 16.0 Å². The molecule has 25 heavy (non-hydrogen) atoms. The van der Waals surface area contributed by atoms with Gasteiger partial charge in [0.2, 0.25) is 5.91 Å². The number of morpholine rings is 1. The minimum Gasteiger partial charge on any atom is -0.462 e. The Hall–Kier alpha value is -1.16. The third-order valence-corrected chi connectivity index (χ3v) is 6.36. The Morgan fingerprint density at radius 2 is 2.04 bits per heavy atom. The van der Waals surface area contributed by atoms with Crippen molar-refractivity contribution in [2.75, 3.05) is 44.0 Å². The minimum atomic E-state index is -0.406. The third kappa shape index (κ3) is 5.40. The smallest absolute Gasteiger partial charge is 0.341 e. The van der Waals surface area contributed by atoms with Crippen LogP contribution in [0.3, 0.4) is 0 Å². The van der Waals surface area contributed by atoms with Crippen LogP contribution in [-0.2, 0) is 14.3 Å². The Morgan fingerprint density at radius 1 is 1.36 bits per heavy atom. The lowest BCUT2D eigenvalue weighted by atomic mass is 10.1. The molecule has 138 valence electrons. The summed E-state index contributed by atoms with van der Waals surface area (Å²) in [4.78, 5) is 27.4. The fourth-order valence-electron chi connectivity index (χ4n) is 2.29. The number of hydrogen-bond donors (Lipinski definition) is 1. The van der Waals surface area contributed by atoms with E-state index < -0.39 is 5.97 Å². The molecule has 6 nitrogen and oxygen atoms in total. The second-order valence-corrected chi connectivity index (χ2v) is 8.24. The second kappa shape index (κ2) is 9.51. The van der Waals surface area contributed by atoms with E-state index >= 15 is 0 Å². The Morgan fingerprint density at radius 3 is 2.68 bits per heavy atom. The van der Waals surface area contributed by atoms with Crippen molar-refractivity contribution in [1.82, 2.24) is 4.90 Å². The number of thiocarbonyl (C=S) groups is 1. The van der Waals surface area contributed by atoms with Gasteiger partial charge in [0, 0.05) is 18.0 Å². The van der Waals surface area contributed by atoms with Crippen molar-refractivity contribution >= 4 is 56.5 Å². The maximum atomic E-state index is 12.3. The molecule has 0 radical (unpaired) electrons. The molecular formula is C16H22N2O4S3. The summed E-state index contributed by atoms with van der Waals surface area (Å²) in [5.41, 5.74) is 1.29. The van der Waals surface area contributed by atoms with E-state index in [1.165, 1.54) is 23.1 Å². The zero-order valence-corrected chi connectivity index (χ0v) is 17.0. The number of thioether (sulfide) groups is 1. The minimum absolute atomic E-state index is 0.188. The van der Waals surface area contributed by atoms with Gasteiger partial charge in [0.05, 0.1) is 31.1 Å². The monoisotopic (exact) mass is 402 g/mol. The molecule has 1 fully saturated rings. The van der Waals surface area contributed by atoms with E-state index in [-0.39, 0.29) is 11.7 Å². The molecule has 0 bridgehead atoms. The molecule has 1 N–H and O–H groups in total. The molecule has 1 aliphatic rings. The van der Waals surface area contributed by atoms with E-state index in [1.54, 1.807) is 6.92 Å². The first-order chi connectivity index (χ1) is 11.9. The van der Waals surface area contributed by atoms with Crippen LogP contribution >= 0.6 is 35.3 Å². The van der Waals surface area contributed by atoms with E-state index in [0.717, 1.165) is 23.5 Å². The van der Waals surface area contributed by atoms with Gasteiger partial charge in [-0.3, -0.25) is 4.79 Å². The molecule has 0 saturated carbocycles. The van der Waals surface area contributed by atoms with Gasteiger partial charge in [0.1, 0.15) is 9.32 Å². The Bertz CT molecular complexity index is 654. The molecule has 1 aliphatic heterocycles. The number of amides is 1. The van der Waals surface area contributed by atoms with Gasteiger partial charge in [-0.25, -0.2) is 4.79 Å². The van der Waals surface area contributed by atoms with Crippen LogP contribution in [-0.4, -0.2) is 59.8 Å². The summed E-state index contributed by atoms with van der Waals surface area (Å²) in [6.07, 6.45) is 0. The Kier molecular flexibility index (Phi) is 7.67. The van der Waals surface area contributed by atoms with Gasteiger partial charge < -0.3 is 19.7 Å². The number of ether oxygens (including phenoxy) is 2. The number of nitrogens with zero attached hydrogens (tertiary/aromatic N) is 1. The second-order valence-electron chi connectivity index (χ2n) is 5.41. The summed E-state index contributed by atoms with van der Waals surface area (Å²) in [6.45, 7) is 8.65. The van der Waals surface area contributed by atoms with Crippen LogP contribution in [0.5, 0.6) is 0 Å². The predicted octanol–water partition coefficient (Wildman–Crippen LogP) is 2.83. The lowest BCUT2D eigenvalue weighted by Gasteiger charge is -2.28. The molecule has 1 aromatic heterocycles. The summed E-state index contributed by atoms with van der Waals surface area (Å²) in [6, 6.07) is 0. The highest BCUT2D eigenvalue weighted by Gasteiger charge is 2.22. The summed E-state index contributed by atoms with van der Waals surface area (Å²) in [5, 5.41) is 3.36. The number of hydrogen-bond acceptors (Lipinski definition) is 7. The van der Waals surface area contributed by atoms with E-state index in [2.05, 4.69) is 5.32 Å². The van der Waals surface area contributed by atoms with Crippen molar-refractivity contribution in [1.29, 1.82) is 0 Å². The van der Waals surface area contributed by atoms with Gasteiger partial charge >= 0.3 is 5.97 Å². The van der Waals surface area contributed by atoms with Gasteiger partial charge in [-0.15, -0.1) is 11.3 Å². The predicted molar refractivity (Wildman–Crippen MR) is 106 cm³/mol. The van der Waals surface area contributed by atoms with Gasteiger partial charge in [0.15, 0.2) is 0 Å². The van der Waals surface area contributed by atoms with Crippen LogP contribution in [0.4, 0.5) is 5.00 Å². The summed E-state index contributed by atoms with van der Waals surface area (Å²) in [5.74, 6) is -0.391. The Labute approximate surface area is 161 Å². The number of anilines is 1. The van der Waals surface area contributed by atoms with Crippen LogP contribution in [0.2, 0.25) is 0 Å². The molecule has 2 heterocycles. The number of carbonyl (C=O) groups excluding carboxylic acids is 2. The summed E-state index contributed by atoms with van der Waals surface area (Å²) in [7, 11) is 0. The molecule has 1 amide bonds. The number of esters is 1. The normalized spacial score (nSPS) is 14.3. The zero-order chi connectivity index (χ0) is 18.4.